The van der Waals surface area contributed by atoms with E-state index in [-0.39, 0.29) is 5.56 Å². The fourth-order valence-corrected chi connectivity index (χ4v) is 3.21. The van der Waals surface area contributed by atoms with Crippen molar-refractivity contribution in [1.82, 2.24) is 24.4 Å². The first-order chi connectivity index (χ1) is 11.5. The minimum Gasteiger partial charge on any atom is -0.299 e. The summed E-state index contributed by atoms with van der Waals surface area (Å²) in [7, 11) is 0. The summed E-state index contributed by atoms with van der Waals surface area (Å²) in [4.78, 5) is 27.8. The first kappa shape index (κ1) is 16.8. The summed E-state index contributed by atoms with van der Waals surface area (Å²) in [6, 6.07) is 0. The molecular weight excluding hydrogens is 302 g/mol. The molecule has 24 heavy (non-hydrogen) atoms. The van der Waals surface area contributed by atoms with Gasteiger partial charge in [-0.15, -0.1) is 0 Å². The molecular formula is C18H25N5O. The zero-order valence-corrected chi connectivity index (χ0v) is 14.7. The van der Waals surface area contributed by atoms with E-state index in [0.29, 0.717) is 5.92 Å². The first-order valence-electron chi connectivity index (χ1n) is 8.56. The van der Waals surface area contributed by atoms with E-state index in [1.54, 1.807) is 23.3 Å². The smallest absolute Gasteiger partial charge is 0.256 e. The van der Waals surface area contributed by atoms with Crippen molar-refractivity contribution in [1.29, 1.82) is 0 Å². The molecule has 6 heteroatoms. The molecule has 1 aliphatic rings. The van der Waals surface area contributed by atoms with E-state index in [9.17, 15) is 4.79 Å². The Kier molecular flexibility index (Phi) is 5.04. The molecule has 0 atom stereocenters. The lowest BCUT2D eigenvalue weighted by molar-refractivity contribution is 0.164. The molecule has 1 fully saturated rings. The third-order valence-electron chi connectivity index (χ3n) is 5.03. The summed E-state index contributed by atoms with van der Waals surface area (Å²) in [5.41, 5.74) is 3.75. The highest BCUT2D eigenvalue weighted by atomic mass is 16.1. The second-order valence-corrected chi connectivity index (χ2v) is 6.72. The van der Waals surface area contributed by atoms with Gasteiger partial charge in [0.05, 0.1) is 17.7 Å². The van der Waals surface area contributed by atoms with Gasteiger partial charge in [0, 0.05) is 36.7 Å². The molecule has 1 saturated heterocycles. The van der Waals surface area contributed by atoms with Gasteiger partial charge in [0.2, 0.25) is 0 Å². The van der Waals surface area contributed by atoms with Gasteiger partial charge < -0.3 is 0 Å². The maximum atomic E-state index is 12.3. The molecule has 0 aliphatic carbocycles. The molecule has 0 amide bonds. The van der Waals surface area contributed by atoms with Crippen molar-refractivity contribution >= 4 is 0 Å². The Bertz CT molecular complexity index is 762. The minimum atomic E-state index is 0.0973. The number of nitrogens with zero attached hydrogens (tertiary/aromatic N) is 5. The zero-order valence-electron chi connectivity index (χ0n) is 14.7. The van der Waals surface area contributed by atoms with E-state index >= 15 is 0 Å². The van der Waals surface area contributed by atoms with Crippen molar-refractivity contribution in [2.75, 3.05) is 13.1 Å². The highest BCUT2D eigenvalue weighted by Gasteiger charge is 2.21. The fraction of sp³-hybridized carbons (Fsp3) is 0.556. The molecule has 1 aliphatic heterocycles. The van der Waals surface area contributed by atoms with Crippen molar-refractivity contribution in [3.8, 4) is 0 Å². The van der Waals surface area contributed by atoms with Gasteiger partial charge in [-0.2, -0.15) is 0 Å². The molecule has 128 valence electrons. The van der Waals surface area contributed by atoms with Crippen molar-refractivity contribution in [2.45, 2.75) is 46.7 Å². The summed E-state index contributed by atoms with van der Waals surface area (Å²) in [6.07, 6.45) is 7.38. The Labute approximate surface area is 142 Å². The summed E-state index contributed by atoms with van der Waals surface area (Å²) >= 11 is 0. The van der Waals surface area contributed by atoms with E-state index in [4.69, 9.17) is 0 Å². The van der Waals surface area contributed by atoms with Crippen LogP contribution in [0.4, 0.5) is 0 Å². The van der Waals surface area contributed by atoms with Crippen LogP contribution < -0.4 is 5.56 Å². The van der Waals surface area contributed by atoms with Crippen LogP contribution in [0.2, 0.25) is 0 Å². The number of rotatable bonds is 4. The Hall–Kier alpha value is -2.08. The lowest BCUT2D eigenvalue weighted by Gasteiger charge is -2.32. The SMILES string of the molecule is Cc1nccnc1CN1CCC(Cn2cnc(C)c(C)c2=O)CC1. The topological polar surface area (TPSA) is 63.9 Å². The van der Waals surface area contributed by atoms with E-state index in [1.807, 2.05) is 20.8 Å². The van der Waals surface area contributed by atoms with E-state index in [0.717, 1.165) is 61.7 Å². The molecule has 0 bridgehead atoms. The Morgan fingerprint density at radius 1 is 1.04 bits per heavy atom. The van der Waals surface area contributed by atoms with Crippen molar-refractivity contribution in [3.63, 3.8) is 0 Å². The standard InChI is InChI=1S/C18H25N5O/c1-13-14(2)21-12-23(18(13)24)10-16-4-8-22(9-5-16)11-17-15(3)19-6-7-20-17/h6-7,12,16H,4-5,8-11H2,1-3H3. The lowest BCUT2D eigenvalue weighted by Crippen LogP contribution is -2.36. The minimum absolute atomic E-state index is 0.0973. The third-order valence-corrected chi connectivity index (χ3v) is 5.03. The fourth-order valence-electron chi connectivity index (χ4n) is 3.21. The van der Waals surface area contributed by atoms with Crippen LogP contribution >= 0.6 is 0 Å². The van der Waals surface area contributed by atoms with Gasteiger partial charge in [0.25, 0.3) is 5.56 Å². The molecule has 0 aromatic carbocycles. The number of aromatic nitrogens is 4. The Morgan fingerprint density at radius 3 is 2.46 bits per heavy atom. The largest absolute Gasteiger partial charge is 0.299 e. The van der Waals surface area contributed by atoms with E-state index in [2.05, 4.69) is 19.9 Å². The van der Waals surface area contributed by atoms with Crippen LogP contribution in [0.1, 0.15) is 35.5 Å². The monoisotopic (exact) mass is 327 g/mol. The molecule has 2 aromatic heterocycles. The number of piperidine rings is 1. The highest BCUT2D eigenvalue weighted by molar-refractivity contribution is 5.12. The Balaban J connectivity index is 1.57. The summed E-state index contributed by atoms with van der Waals surface area (Å²) in [5.74, 6) is 0.533. The molecule has 0 saturated carbocycles. The normalized spacial score (nSPS) is 16.5. The predicted octanol–water partition coefficient (Wildman–Crippen LogP) is 1.87. The first-order valence-corrected chi connectivity index (χ1v) is 8.56. The van der Waals surface area contributed by atoms with Gasteiger partial charge in [-0.05, 0) is 52.6 Å². The molecule has 0 unspecified atom stereocenters. The molecule has 3 rings (SSSR count). The van der Waals surface area contributed by atoms with Gasteiger partial charge in [-0.1, -0.05) is 0 Å². The van der Waals surface area contributed by atoms with Crippen LogP contribution in [0, 0.1) is 26.7 Å². The van der Waals surface area contributed by atoms with Crippen LogP contribution in [-0.2, 0) is 13.1 Å². The average Bonchev–Trinajstić information content (AvgIpc) is 2.59. The highest BCUT2D eigenvalue weighted by Crippen LogP contribution is 2.20. The number of likely N-dealkylation sites (tertiary alicyclic amines) is 1. The predicted molar refractivity (Wildman–Crippen MR) is 92.7 cm³/mol. The van der Waals surface area contributed by atoms with Crippen LogP contribution in [0.25, 0.3) is 0 Å². The van der Waals surface area contributed by atoms with Gasteiger partial charge >= 0.3 is 0 Å². The van der Waals surface area contributed by atoms with Crippen molar-refractivity contribution < 1.29 is 0 Å². The number of aryl methyl sites for hydroxylation is 2. The van der Waals surface area contributed by atoms with Crippen LogP contribution in [-0.4, -0.2) is 37.5 Å². The molecule has 0 N–H and O–H groups in total. The van der Waals surface area contributed by atoms with Gasteiger partial charge in [-0.25, -0.2) is 4.98 Å². The Morgan fingerprint density at radius 2 is 1.75 bits per heavy atom. The molecule has 2 aromatic rings. The van der Waals surface area contributed by atoms with Crippen LogP contribution in [0.15, 0.2) is 23.5 Å². The van der Waals surface area contributed by atoms with Crippen molar-refractivity contribution in [2.24, 2.45) is 5.92 Å². The third kappa shape index (κ3) is 3.70. The molecule has 0 radical (unpaired) electrons. The maximum Gasteiger partial charge on any atom is 0.256 e. The lowest BCUT2D eigenvalue weighted by atomic mass is 9.96. The summed E-state index contributed by atoms with van der Waals surface area (Å²) in [6.45, 7) is 9.44. The van der Waals surface area contributed by atoms with Gasteiger partial charge in [0.1, 0.15) is 0 Å². The summed E-state index contributed by atoms with van der Waals surface area (Å²) < 4.78 is 1.77. The number of hydrogen-bond donors (Lipinski definition) is 0. The quantitative estimate of drug-likeness (QED) is 0.858. The maximum absolute atomic E-state index is 12.3. The van der Waals surface area contributed by atoms with Gasteiger partial charge in [-0.3, -0.25) is 24.2 Å². The van der Waals surface area contributed by atoms with Gasteiger partial charge in [0.15, 0.2) is 0 Å². The average molecular weight is 327 g/mol. The van der Waals surface area contributed by atoms with Crippen molar-refractivity contribution in [3.05, 3.63) is 51.7 Å². The molecule has 0 spiro atoms. The second kappa shape index (κ2) is 7.21. The van der Waals surface area contributed by atoms with Crippen LogP contribution in [0.3, 0.4) is 0 Å². The second-order valence-electron chi connectivity index (χ2n) is 6.72. The molecule has 6 nitrogen and oxygen atoms in total. The molecule has 3 heterocycles. The number of hydrogen-bond acceptors (Lipinski definition) is 5. The van der Waals surface area contributed by atoms with E-state index < -0.39 is 0 Å². The zero-order chi connectivity index (χ0) is 17.1. The van der Waals surface area contributed by atoms with Crippen LogP contribution in [0.5, 0.6) is 0 Å². The summed E-state index contributed by atoms with van der Waals surface area (Å²) in [5, 5.41) is 0. The van der Waals surface area contributed by atoms with E-state index in [1.165, 1.54) is 0 Å².